The van der Waals surface area contributed by atoms with Gasteiger partial charge in [-0.15, -0.1) is 0 Å². The lowest BCUT2D eigenvalue weighted by molar-refractivity contribution is 0.194. The van der Waals surface area contributed by atoms with Crippen LogP contribution in [0.2, 0.25) is 10.0 Å². The van der Waals surface area contributed by atoms with Crippen LogP contribution in [0.4, 0.5) is 4.79 Å². The van der Waals surface area contributed by atoms with E-state index in [1.54, 1.807) is 6.07 Å². The number of carbonyl (C=O) groups is 1. The second-order valence-electron chi connectivity index (χ2n) is 4.69. The molecule has 1 aliphatic rings. The molecule has 19 heavy (non-hydrogen) atoms. The Morgan fingerprint density at radius 3 is 2.74 bits per heavy atom. The zero-order chi connectivity index (χ0) is 13.8. The van der Waals surface area contributed by atoms with Crippen molar-refractivity contribution < 1.29 is 9.90 Å². The largest absolute Gasteiger partial charge is 0.465 e. The summed E-state index contributed by atoms with van der Waals surface area (Å²) >= 11 is 12.3. The lowest BCUT2D eigenvalue weighted by atomic mass is 10.1. The van der Waals surface area contributed by atoms with Gasteiger partial charge in [-0.25, -0.2) is 4.79 Å². The monoisotopic (exact) mass is 302 g/mol. The minimum atomic E-state index is -1.02. The summed E-state index contributed by atoms with van der Waals surface area (Å²) in [5.74, 6) is 0. The van der Waals surface area contributed by atoms with Crippen molar-refractivity contribution >= 4 is 29.3 Å². The fourth-order valence-electron chi connectivity index (χ4n) is 1.84. The molecule has 1 aromatic rings. The van der Waals surface area contributed by atoms with Gasteiger partial charge >= 0.3 is 6.09 Å². The Labute approximate surface area is 122 Å². The quantitative estimate of drug-likeness (QED) is 0.757. The molecule has 1 amide bonds. The minimum absolute atomic E-state index is 0.364. The first-order valence-electron chi connectivity index (χ1n) is 6.23. The number of carboxylic acid groups (broad SMARTS) is 1. The molecule has 0 bridgehead atoms. The van der Waals surface area contributed by atoms with Gasteiger partial charge < -0.3 is 15.7 Å². The summed E-state index contributed by atoms with van der Waals surface area (Å²) in [6.45, 7) is 1.06. The van der Waals surface area contributed by atoms with E-state index in [9.17, 15) is 4.79 Å². The van der Waals surface area contributed by atoms with Crippen molar-refractivity contribution in [2.24, 2.45) is 0 Å². The molecule has 0 atom stereocenters. The molecule has 6 heteroatoms. The highest BCUT2D eigenvalue weighted by molar-refractivity contribution is 6.42. The molecule has 3 N–H and O–H groups in total. The maximum Gasteiger partial charge on any atom is 0.404 e. The van der Waals surface area contributed by atoms with Gasteiger partial charge in [0.15, 0.2) is 0 Å². The van der Waals surface area contributed by atoms with Crippen molar-refractivity contribution in [3.05, 3.63) is 33.3 Å². The van der Waals surface area contributed by atoms with Crippen LogP contribution in [0.3, 0.4) is 0 Å². The van der Waals surface area contributed by atoms with E-state index in [1.807, 2.05) is 6.07 Å². The van der Waals surface area contributed by atoms with Gasteiger partial charge in [0.25, 0.3) is 0 Å². The standard InChI is InChI=1S/C13H16Cl2N2O2/c14-11-6-8(3-4-16-13(18)19)5-9(12(11)15)7-17-10-1-2-10/h5-6,10,16-17H,1-4,7H2,(H,18,19). The van der Waals surface area contributed by atoms with Crippen LogP contribution in [0.15, 0.2) is 12.1 Å². The molecule has 0 aliphatic heterocycles. The molecule has 0 spiro atoms. The van der Waals surface area contributed by atoms with Gasteiger partial charge in [0.2, 0.25) is 0 Å². The molecular formula is C13H16Cl2N2O2. The van der Waals surface area contributed by atoms with E-state index < -0.39 is 6.09 Å². The van der Waals surface area contributed by atoms with Crippen molar-refractivity contribution in [3.63, 3.8) is 0 Å². The fourth-order valence-corrected chi connectivity index (χ4v) is 2.27. The van der Waals surface area contributed by atoms with Gasteiger partial charge in [-0.05, 0) is 36.5 Å². The third-order valence-electron chi connectivity index (χ3n) is 3.01. The Morgan fingerprint density at radius 2 is 2.11 bits per heavy atom. The highest BCUT2D eigenvalue weighted by atomic mass is 35.5. The number of benzene rings is 1. The van der Waals surface area contributed by atoms with E-state index in [1.165, 1.54) is 12.8 Å². The topological polar surface area (TPSA) is 61.4 Å². The minimum Gasteiger partial charge on any atom is -0.465 e. The normalized spacial score (nSPS) is 14.4. The van der Waals surface area contributed by atoms with Crippen LogP contribution < -0.4 is 10.6 Å². The lowest BCUT2D eigenvalue weighted by Gasteiger charge is -2.10. The van der Waals surface area contributed by atoms with E-state index >= 15 is 0 Å². The number of nitrogens with one attached hydrogen (secondary N) is 2. The summed E-state index contributed by atoms with van der Waals surface area (Å²) in [6.07, 6.45) is 2.01. The van der Waals surface area contributed by atoms with Crippen LogP contribution in [0.25, 0.3) is 0 Å². The Morgan fingerprint density at radius 1 is 1.37 bits per heavy atom. The Balaban J connectivity index is 1.99. The summed E-state index contributed by atoms with van der Waals surface area (Å²) in [4.78, 5) is 10.4. The van der Waals surface area contributed by atoms with Crippen LogP contribution in [0.1, 0.15) is 24.0 Å². The van der Waals surface area contributed by atoms with Crippen LogP contribution >= 0.6 is 23.2 Å². The number of halogens is 2. The predicted molar refractivity (Wildman–Crippen MR) is 76.1 cm³/mol. The second kappa shape index (κ2) is 6.46. The van der Waals surface area contributed by atoms with E-state index in [0.29, 0.717) is 35.6 Å². The van der Waals surface area contributed by atoms with Gasteiger partial charge in [-0.3, -0.25) is 0 Å². The molecule has 0 aromatic heterocycles. The molecule has 0 heterocycles. The summed E-state index contributed by atoms with van der Waals surface area (Å²) in [6, 6.07) is 4.37. The summed E-state index contributed by atoms with van der Waals surface area (Å²) < 4.78 is 0. The molecule has 104 valence electrons. The average Bonchev–Trinajstić information content (AvgIpc) is 3.15. The van der Waals surface area contributed by atoms with Gasteiger partial charge in [-0.2, -0.15) is 0 Å². The second-order valence-corrected chi connectivity index (χ2v) is 5.47. The lowest BCUT2D eigenvalue weighted by Crippen LogP contribution is -2.23. The van der Waals surface area contributed by atoms with Crippen LogP contribution in [-0.4, -0.2) is 23.8 Å². The van der Waals surface area contributed by atoms with Crippen LogP contribution in [0.5, 0.6) is 0 Å². The fraction of sp³-hybridized carbons (Fsp3) is 0.462. The molecule has 1 saturated carbocycles. The van der Waals surface area contributed by atoms with Crippen molar-refractivity contribution in [1.29, 1.82) is 0 Å². The zero-order valence-corrected chi connectivity index (χ0v) is 11.9. The summed E-state index contributed by atoms with van der Waals surface area (Å²) in [7, 11) is 0. The summed E-state index contributed by atoms with van der Waals surface area (Å²) in [5.41, 5.74) is 1.95. The Bertz CT molecular complexity index is 476. The van der Waals surface area contributed by atoms with E-state index in [4.69, 9.17) is 28.3 Å². The van der Waals surface area contributed by atoms with Gasteiger partial charge in [0.1, 0.15) is 0 Å². The molecule has 0 unspecified atom stereocenters. The molecule has 1 aromatic carbocycles. The SMILES string of the molecule is O=C(O)NCCc1cc(Cl)c(Cl)c(CNC2CC2)c1. The van der Waals surface area contributed by atoms with Gasteiger partial charge in [0, 0.05) is 19.1 Å². The predicted octanol–water partition coefficient (Wildman–Crippen LogP) is 3.06. The number of amides is 1. The van der Waals surface area contributed by atoms with E-state index in [0.717, 1.165) is 11.1 Å². The third-order valence-corrected chi connectivity index (χ3v) is 3.85. The maximum atomic E-state index is 10.4. The van der Waals surface area contributed by atoms with Crippen molar-refractivity contribution in [3.8, 4) is 0 Å². The molecule has 2 rings (SSSR count). The maximum absolute atomic E-state index is 10.4. The van der Waals surface area contributed by atoms with Crippen LogP contribution in [0, 0.1) is 0 Å². The highest BCUT2D eigenvalue weighted by Gasteiger charge is 2.20. The number of hydrogen-bond donors (Lipinski definition) is 3. The van der Waals surface area contributed by atoms with Crippen molar-refractivity contribution in [1.82, 2.24) is 10.6 Å². The van der Waals surface area contributed by atoms with E-state index in [2.05, 4.69) is 10.6 Å². The molecule has 0 saturated heterocycles. The van der Waals surface area contributed by atoms with E-state index in [-0.39, 0.29) is 0 Å². The molecule has 1 fully saturated rings. The van der Waals surface area contributed by atoms with Crippen molar-refractivity contribution in [2.45, 2.75) is 31.8 Å². The third kappa shape index (κ3) is 4.56. The first-order chi connectivity index (χ1) is 9.06. The average molecular weight is 303 g/mol. The van der Waals surface area contributed by atoms with Crippen molar-refractivity contribution in [2.75, 3.05) is 6.54 Å². The number of rotatable bonds is 6. The molecule has 0 radical (unpaired) electrons. The first-order valence-corrected chi connectivity index (χ1v) is 6.99. The molecular weight excluding hydrogens is 287 g/mol. The highest BCUT2D eigenvalue weighted by Crippen LogP contribution is 2.29. The smallest absolute Gasteiger partial charge is 0.404 e. The first kappa shape index (κ1) is 14.4. The summed E-state index contributed by atoms with van der Waals surface area (Å²) in [5, 5.41) is 15.3. The Kier molecular flexibility index (Phi) is 4.91. The molecule has 4 nitrogen and oxygen atoms in total. The zero-order valence-electron chi connectivity index (χ0n) is 10.4. The van der Waals surface area contributed by atoms with Gasteiger partial charge in [0.05, 0.1) is 10.0 Å². The van der Waals surface area contributed by atoms with Crippen LogP contribution in [-0.2, 0) is 13.0 Å². The van der Waals surface area contributed by atoms with Gasteiger partial charge in [-0.1, -0.05) is 29.3 Å². The number of hydrogen-bond acceptors (Lipinski definition) is 2. The Hall–Kier alpha value is -0.970. The molecule has 1 aliphatic carbocycles.